The zero-order valence-electron chi connectivity index (χ0n) is 15.5. The van der Waals surface area contributed by atoms with Crippen LogP contribution in [0.4, 0.5) is 0 Å². The molecule has 4 atom stereocenters. The zero-order valence-corrected chi connectivity index (χ0v) is 16.3. The second kappa shape index (κ2) is 8.84. The van der Waals surface area contributed by atoms with E-state index in [1.807, 2.05) is 6.92 Å². The summed E-state index contributed by atoms with van der Waals surface area (Å²) < 4.78 is 0. The highest BCUT2D eigenvalue weighted by molar-refractivity contribution is 8.00. The monoisotopic (exact) mass is 408 g/mol. The van der Waals surface area contributed by atoms with Crippen LogP contribution in [-0.4, -0.2) is 67.7 Å². The number of imide groups is 3. The number of nitrogens with zero attached hydrogens (tertiary/aromatic N) is 2. The summed E-state index contributed by atoms with van der Waals surface area (Å²) in [7, 11) is 0. The van der Waals surface area contributed by atoms with E-state index >= 15 is 0 Å². The van der Waals surface area contributed by atoms with Crippen molar-refractivity contribution in [2.45, 2.75) is 56.0 Å². The lowest BCUT2D eigenvalue weighted by molar-refractivity contribution is -0.157. The maximum Gasteiger partial charge on any atom is 0.258 e. The molecule has 0 radical (unpaired) electrons. The van der Waals surface area contributed by atoms with Crippen molar-refractivity contribution in [1.29, 1.82) is 0 Å². The number of thioether (sulfide) groups is 1. The molecule has 1 aromatic heterocycles. The van der Waals surface area contributed by atoms with Crippen LogP contribution in [0.2, 0.25) is 0 Å². The topological polar surface area (TPSA) is 150 Å². The number of hydrogen-bond acceptors (Lipinski definition) is 8. The molecule has 10 nitrogen and oxygen atoms in total. The van der Waals surface area contributed by atoms with E-state index in [1.54, 1.807) is 6.20 Å². The van der Waals surface area contributed by atoms with Crippen molar-refractivity contribution in [3.8, 4) is 0 Å². The first kappa shape index (κ1) is 20.5. The molecule has 2 aliphatic rings. The summed E-state index contributed by atoms with van der Waals surface area (Å²) in [5, 5.41) is 5.49. The van der Waals surface area contributed by atoms with Gasteiger partial charge < -0.3 is 16.0 Å². The molecule has 28 heavy (non-hydrogen) atoms. The lowest BCUT2D eigenvalue weighted by Crippen LogP contribution is -2.61. The molecule has 2 aliphatic heterocycles. The van der Waals surface area contributed by atoms with E-state index in [9.17, 15) is 19.2 Å². The van der Waals surface area contributed by atoms with Crippen molar-refractivity contribution in [3.05, 3.63) is 18.2 Å². The summed E-state index contributed by atoms with van der Waals surface area (Å²) in [6.45, 7) is 1.85. The first-order chi connectivity index (χ1) is 13.4. The number of carbonyl (C=O) groups excluding carboxylic acids is 4. The maximum atomic E-state index is 13.1. The van der Waals surface area contributed by atoms with Crippen LogP contribution in [0.15, 0.2) is 12.5 Å². The Morgan fingerprint density at radius 2 is 2.18 bits per heavy atom. The minimum Gasteiger partial charge on any atom is -0.351 e. The Balaban J connectivity index is 1.82. The number of aromatic nitrogens is 2. The van der Waals surface area contributed by atoms with Crippen molar-refractivity contribution >= 4 is 35.4 Å². The van der Waals surface area contributed by atoms with Crippen LogP contribution in [0.1, 0.15) is 31.9 Å². The number of rotatable bonds is 5. The van der Waals surface area contributed by atoms with Crippen molar-refractivity contribution in [2.75, 3.05) is 5.88 Å². The predicted octanol–water partition coefficient (Wildman–Crippen LogP) is -1.12. The third-order valence-corrected chi connectivity index (χ3v) is 6.01. The molecule has 0 aromatic carbocycles. The largest absolute Gasteiger partial charge is 0.351 e. The second-order valence-electron chi connectivity index (χ2n) is 6.93. The number of nitrogens with two attached hydrogens (primary N) is 1. The van der Waals surface area contributed by atoms with Gasteiger partial charge in [0, 0.05) is 30.2 Å². The molecule has 2 fully saturated rings. The van der Waals surface area contributed by atoms with Crippen LogP contribution in [0, 0.1) is 0 Å². The van der Waals surface area contributed by atoms with Gasteiger partial charge >= 0.3 is 0 Å². The van der Waals surface area contributed by atoms with E-state index in [2.05, 4.69) is 20.6 Å². The standard InChI is InChI=1S/C17H24N6O4S/c1-9-14(21-8-28-9)17(27)23(16(26)12-3-2-4-13(24)22-12)15(25)11(18)5-10-6-19-7-20-10/h6-7,9,11-12,14,21H,2-5,8,18H2,1H3,(H,19,20)(H,22,24)/t9-,11+,12?,14+/m1/s1. The number of piperidine rings is 1. The first-order valence-electron chi connectivity index (χ1n) is 9.17. The van der Waals surface area contributed by atoms with Gasteiger partial charge in [-0.1, -0.05) is 6.92 Å². The number of amides is 4. The average molecular weight is 408 g/mol. The molecule has 0 spiro atoms. The predicted molar refractivity (Wildman–Crippen MR) is 102 cm³/mol. The molecule has 152 valence electrons. The summed E-state index contributed by atoms with van der Waals surface area (Å²) in [6, 6.07) is -2.69. The fourth-order valence-corrected chi connectivity index (χ4v) is 4.26. The number of aromatic amines is 1. The lowest BCUT2D eigenvalue weighted by atomic mass is 10.0. The molecule has 4 amide bonds. The highest BCUT2D eigenvalue weighted by atomic mass is 32.2. The van der Waals surface area contributed by atoms with Crippen LogP contribution >= 0.6 is 11.8 Å². The Hall–Kier alpha value is -2.24. The van der Waals surface area contributed by atoms with Gasteiger partial charge in [0.15, 0.2) is 0 Å². The van der Waals surface area contributed by atoms with Crippen LogP contribution in [0.3, 0.4) is 0 Å². The van der Waals surface area contributed by atoms with Gasteiger partial charge in [0.2, 0.25) is 5.91 Å². The third kappa shape index (κ3) is 4.42. The van der Waals surface area contributed by atoms with Crippen LogP contribution < -0.4 is 16.4 Å². The Kier molecular flexibility index (Phi) is 6.47. The van der Waals surface area contributed by atoms with Crippen LogP contribution in [-0.2, 0) is 25.6 Å². The fraction of sp³-hybridized carbons (Fsp3) is 0.588. The van der Waals surface area contributed by atoms with Gasteiger partial charge in [0.05, 0.1) is 18.1 Å². The van der Waals surface area contributed by atoms with E-state index in [-0.39, 0.29) is 17.6 Å². The number of H-pyrrole nitrogens is 1. The van der Waals surface area contributed by atoms with Crippen molar-refractivity contribution < 1.29 is 19.2 Å². The molecular formula is C17H24N6O4S. The smallest absolute Gasteiger partial charge is 0.258 e. The summed E-state index contributed by atoms with van der Waals surface area (Å²) in [5.41, 5.74) is 6.56. The van der Waals surface area contributed by atoms with E-state index in [0.717, 1.165) is 0 Å². The van der Waals surface area contributed by atoms with Crippen LogP contribution in [0.5, 0.6) is 0 Å². The third-order valence-electron chi connectivity index (χ3n) is 4.88. The zero-order chi connectivity index (χ0) is 20.3. The van der Waals surface area contributed by atoms with Gasteiger partial charge in [-0.3, -0.25) is 24.5 Å². The molecule has 0 aliphatic carbocycles. The van der Waals surface area contributed by atoms with Gasteiger partial charge in [-0.05, 0) is 12.8 Å². The van der Waals surface area contributed by atoms with Crippen molar-refractivity contribution in [3.63, 3.8) is 0 Å². The van der Waals surface area contributed by atoms with E-state index in [1.165, 1.54) is 18.1 Å². The molecule has 1 aromatic rings. The molecule has 1 unspecified atom stereocenters. The summed E-state index contributed by atoms with van der Waals surface area (Å²) in [6.07, 6.45) is 4.35. The lowest BCUT2D eigenvalue weighted by Gasteiger charge is -2.30. The van der Waals surface area contributed by atoms with Crippen molar-refractivity contribution in [1.82, 2.24) is 25.5 Å². The number of hydrogen-bond donors (Lipinski definition) is 4. The molecular weight excluding hydrogens is 384 g/mol. The highest BCUT2D eigenvalue weighted by Crippen LogP contribution is 2.23. The molecule has 3 heterocycles. The number of imidazole rings is 1. The normalized spacial score (nSPS) is 25.8. The number of carbonyl (C=O) groups is 4. The Bertz CT molecular complexity index is 755. The van der Waals surface area contributed by atoms with Gasteiger partial charge in [0.25, 0.3) is 17.7 Å². The Labute approximate surface area is 166 Å². The summed E-state index contributed by atoms with van der Waals surface area (Å²) in [5.74, 6) is -1.87. The first-order valence-corrected chi connectivity index (χ1v) is 10.2. The maximum absolute atomic E-state index is 13.1. The average Bonchev–Trinajstić information content (AvgIpc) is 3.33. The Morgan fingerprint density at radius 1 is 1.39 bits per heavy atom. The highest BCUT2D eigenvalue weighted by Gasteiger charge is 2.43. The minimum atomic E-state index is -1.11. The fourth-order valence-electron chi connectivity index (χ4n) is 3.31. The second-order valence-corrected chi connectivity index (χ2v) is 8.30. The SMILES string of the molecule is C[C@H]1SCN[C@@H]1C(=O)N(C(=O)C1CCCC(=O)N1)C(=O)[C@@H](N)Cc1c[nH]cn1. The van der Waals surface area contributed by atoms with E-state index in [0.29, 0.717) is 35.7 Å². The molecule has 11 heteroatoms. The van der Waals surface area contributed by atoms with Crippen molar-refractivity contribution in [2.24, 2.45) is 5.73 Å². The molecule has 3 rings (SSSR count). The van der Waals surface area contributed by atoms with E-state index < -0.39 is 35.8 Å². The molecule has 2 saturated heterocycles. The quantitative estimate of drug-likeness (QED) is 0.448. The van der Waals surface area contributed by atoms with Gasteiger partial charge in [-0.25, -0.2) is 9.88 Å². The van der Waals surface area contributed by atoms with Gasteiger partial charge in [0.1, 0.15) is 12.1 Å². The van der Waals surface area contributed by atoms with Gasteiger partial charge in [-0.15, -0.1) is 11.8 Å². The summed E-state index contributed by atoms with van der Waals surface area (Å²) in [4.78, 5) is 58.3. The Morgan fingerprint density at radius 3 is 2.79 bits per heavy atom. The van der Waals surface area contributed by atoms with Crippen LogP contribution in [0.25, 0.3) is 0 Å². The number of nitrogens with one attached hydrogen (secondary N) is 3. The molecule has 0 bridgehead atoms. The minimum absolute atomic E-state index is 0.0822. The summed E-state index contributed by atoms with van der Waals surface area (Å²) >= 11 is 1.53. The van der Waals surface area contributed by atoms with E-state index in [4.69, 9.17) is 5.73 Å². The molecule has 0 saturated carbocycles. The molecule has 5 N–H and O–H groups in total. The van der Waals surface area contributed by atoms with Gasteiger partial charge in [-0.2, -0.15) is 0 Å².